The molecule has 122 valence electrons. The van der Waals surface area contributed by atoms with E-state index >= 15 is 0 Å². The van der Waals surface area contributed by atoms with E-state index in [1.165, 1.54) is 5.56 Å². The number of benzene rings is 1. The summed E-state index contributed by atoms with van der Waals surface area (Å²) in [6.45, 7) is 2.70. The Labute approximate surface area is 147 Å². The zero-order valence-electron chi connectivity index (χ0n) is 13.4. The molecular formula is C17H16BrN5O. The van der Waals surface area contributed by atoms with Gasteiger partial charge in [-0.3, -0.25) is 9.80 Å². The van der Waals surface area contributed by atoms with Crippen LogP contribution >= 0.6 is 15.9 Å². The predicted octanol–water partition coefficient (Wildman–Crippen LogP) is 2.85. The number of hydrogen-bond donors (Lipinski definition) is 0. The molecule has 0 N–H and O–H groups in total. The number of carbonyl (C=O) groups is 1. The fourth-order valence-corrected chi connectivity index (χ4v) is 3.51. The lowest BCUT2D eigenvalue weighted by Crippen LogP contribution is -2.49. The second-order valence-electron chi connectivity index (χ2n) is 5.89. The zero-order valence-corrected chi connectivity index (χ0v) is 15.0. The van der Waals surface area contributed by atoms with Gasteiger partial charge in [-0.2, -0.15) is 5.10 Å². The van der Waals surface area contributed by atoms with Gasteiger partial charge in [-0.15, -0.1) is 0 Å². The van der Waals surface area contributed by atoms with Crippen LogP contribution in [0.2, 0.25) is 0 Å². The first-order valence-corrected chi connectivity index (χ1v) is 8.49. The molecule has 0 aliphatic carbocycles. The van der Waals surface area contributed by atoms with Crippen LogP contribution in [0.5, 0.6) is 0 Å². The third-order valence-corrected chi connectivity index (χ3v) is 4.74. The van der Waals surface area contributed by atoms with Gasteiger partial charge in [0.2, 0.25) is 0 Å². The lowest BCUT2D eigenvalue weighted by atomic mass is 10.0. The van der Waals surface area contributed by atoms with Crippen LogP contribution in [0, 0.1) is 6.92 Å². The summed E-state index contributed by atoms with van der Waals surface area (Å²) in [5.41, 5.74) is 4.57. The molecule has 0 fully saturated rings. The molecule has 0 spiro atoms. The summed E-state index contributed by atoms with van der Waals surface area (Å²) in [6, 6.07) is 7.96. The van der Waals surface area contributed by atoms with Crippen molar-refractivity contribution in [2.24, 2.45) is 0 Å². The van der Waals surface area contributed by atoms with E-state index in [2.05, 4.69) is 51.1 Å². The molecule has 0 saturated carbocycles. The number of nitrogens with zero attached hydrogens (tertiary/aromatic N) is 5. The van der Waals surface area contributed by atoms with E-state index in [1.807, 2.05) is 12.1 Å². The number of para-hydroxylation sites is 1. The quantitative estimate of drug-likeness (QED) is 0.646. The minimum Gasteiger partial charge on any atom is -0.285 e. The summed E-state index contributed by atoms with van der Waals surface area (Å²) in [4.78, 5) is 17.2. The van der Waals surface area contributed by atoms with Crippen molar-refractivity contribution >= 4 is 33.2 Å². The van der Waals surface area contributed by atoms with Gasteiger partial charge < -0.3 is 0 Å². The Bertz CT molecular complexity index is 951. The summed E-state index contributed by atoms with van der Waals surface area (Å²) >= 11 is 3.36. The molecule has 0 bridgehead atoms. The van der Waals surface area contributed by atoms with Crippen LogP contribution in [-0.2, 0) is 6.42 Å². The number of anilines is 1. The van der Waals surface area contributed by atoms with E-state index < -0.39 is 0 Å². The van der Waals surface area contributed by atoms with Crippen molar-refractivity contribution in [3.05, 3.63) is 58.0 Å². The Morgan fingerprint density at radius 3 is 3.00 bits per heavy atom. The van der Waals surface area contributed by atoms with Gasteiger partial charge in [-0.25, -0.2) is 14.5 Å². The number of aryl methyl sites for hydroxylation is 1. The number of rotatable bonds is 1. The molecule has 1 aliphatic heterocycles. The maximum absolute atomic E-state index is 13.0. The molecule has 0 atom stereocenters. The largest absolute Gasteiger partial charge is 0.292 e. The molecule has 3 aromatic rings. The van der Waals surface area contributed by atoms with Crippen molar-refractivity contribution in [1.82, 2.24) is 19.6 Å². The maximum Gasteiger partial charge on any atom is 0.292 e. The average Bonchev–Trinajstić information content (AvgIpc) is 2.97. The highest BCUT2D eigenvalue weighted by Crippen LogP contribution is 2.30. The van der Waals surface area contributed by atoms with E-state index in [1.54, 1.807) is 28.0 Å². The van der Waals surface area contributed by atoms with Crippen molar-refractivity contribution < 1.29 is 4.79 Å². The first-order chi connectivity index (χ1) is 11.5. The molecule has 0 radical (unpaired) electrons. The standard InChI is InChI=1S/C17H16BrN5O/c1-11-4-3-5-12-6-7-23(21(2)16(11)12)17(24)14-8-15-19-9-13(18)10-22(15)20-14/h3-5,8-10H,6-7H2,1-2H3. The molecule has 1 amide bonds. The summed E-state index contributed by atoms with van der Waals surface area (Å²) in [5, 5.41) is 8.04. The van der Waals surface area contributed by atoms with E-state index in [0.29, 0.717) is 17.9 Å². The number of fused-ring (bicyclic) bond motifs is 2. The highest BCUT2D eigenvalue weighted by atomic mass is 79.9. The zero-order chi connectivity index (χ0) is 16.8. The average molecular weight is 386 g/mol. The van der Waals surface area contributed by atoms with Crippen molar-refractivity contribution in [2.45, 2.75) is 13.3 Å². The lowest BCUT2D eigenvalue weighted by molar-refractivity contribution is 0.0732. The van der Waals surface area contributed by atoms with E-state index in [4.69, 9.17) is 0 Å². The van der Waals surface area contributed by atoms with E-state index in [0.717, 1.165) is 22.1 Å². The van der Waals surface area contributed by atoms with Crippen molar-refractivity contribution in [3.63, 3.8) is 0 Å². The first kappa shape index (κ1) is 15.1. The summed E-state index contributed by atoms with van der Waals surface area (Å²) < 4.78 is 2.43. The Morgan fingerprint density at radius 2 is 2.17 bits per heavy atom. The molecule has 6 nitrogen and oxygen atoms in total. The Morgan fingerprint density at radius 1 is 1.33 bits per heavy atom. The van der Waals surface area contributed by atoms with Gasteiger partial charge in [-0.05, 0) is 40.4 Å². The highest BCUT2D eigenvalue weighted by Gasteiger charge is 2.28. The SMILES string of the molecule is Cc1cccc2c1N(C)N(C(=O)c1cc3ncc(Br)cn3n1)CC2. The van der Waals surface area contributed by atoms with Crippen LogP contribution in [0.3, 0.4) is 0 Å². The van der Waals surface area contributed by atoms with Crippen LogP contribution in [0.4, 0.5) is 5.69 Å². The van der Waals surface area contributed by atoms with Gasteiger partial charge in [0.1, 0.15) is 0 Å². The number of aromatic nitrogens is 3. The van der Waals surface area contributed by atoms with Crippen molar-refractivity contribution in [1.29, 1.82) is 0 Å². The molecule has 1 aromatic carbocycles. The molecule has 3 heterocycles. The number of halogens is 1. The Balaban J connectivity index is 1.70. The van der Waals surface area contributed by atoms with Crippen LogP contribution < -0.4 is 5.01 Å². The second kappa shape index (κ2) is 5.59. The van der Waals surface area contributed by atoms with Crippen LogP contribution in [0.15, 0.2) is 41.1 Å². The van der Waals surface area contributed by atoms with Gasteiger partial charge >= 0.3 is 0 Å². The van der Waals surface area contributed by atoms with Gasteiger partial charge in [0.15, 0.2) is 11.3 Å². The summed E-state index contributed by atoms with van der Waals surface area (Å²) in [6.07, 6.45) is 4.32. The molecule has 24 heavy (non-hydrogen) atoms. The molecule has 0 saturated heterocycles. The summed E-state index contributed by atoms with van der Waals surface area (Å²) in [7, 11) is 1.92. The van der Waals surface area contributed by atoms with Crippen LogP contribution in [0.25, 0.3) is 5.65 Å². The monoisotopic (exact) mass is 385 g/mol. The fourth-order valence-electron chi connectivity index (χ4n) is 3.21. The van der Waals surface area contributed by atoms with Gasteiger partial charge in [0.25, 0.3) is 5.91 Å². The minimum absolute atomic E-state index is 0.118. The van der Waals surface area contributed by atoms with Crippen LogP contribution in [0.1, 0.15) is 21.6 Å². The van der Waals surface area contributed by atoms with Crippen LogP contribution in [-0.4, -0.2) is 39.1 Å². The molecule has 0 unspecified atom stereocenters. The Kier molecular flexibility index (Phi) is 3.53. The third kappa shape index (κ3) is 2.36. The topological polar surface area (TPSA) is 53.7 Å². The maximum atomic E-state index is 13.0. The Hall–Kier alpha value is -2.41. The molecule has 2 aromatic heterocycles. The lowest BCUT2D eigenvalue weighted by Gasteiger charge is -2.39. The minimum atomic E-state index is -0.118. The van der Waals surface area contributed by atoms with E-state index in [-0.39, 0.29) is 5.91 Å². The number of hydrazine groups is 1. The molecule has 7 heteroatoms. The number of carbonyl (C=O) groups excluding carboxylic acids is 1. The van der Waals surface area contributed by atoms with Gasteiger partial charge in [0, 0.05) is 32.1 Å². The highest BCUT2D eigenvalue weighted by molar-refractivity contribution is 9.10. The van der Waals surface area contributed by atoms with Crippen molar-refractivity contribution in [3.8, 4) is 0 Å². The fraction of sp³-hybridized carbons (Fsp3) is 0.235. The molecular weight excluding hydrogens is 370 g/mol. The smallest absolute Gasteiger partial charge is 0.285 e. The summed E-state index contributed by atoms with van der Waals surface area (Å²) in [5.74, 6) is -0.118. The number of hydrogen-bond acceptors (Lipinski definition) is 4. The third-order valence-electron chi connectivity index (χ3n) is 4.34. The molecule has 4 rings (SSSR count). The second-order valence-corrected chi connectivity index (χ2v) is 6.80. The van der Waals surface area contributed by atoms with Gasteiger partial charge in [-0.1, -0.05) is 18.2 Å². The normalized spacial score (nSPS) is 14.1. The molecule has 1 aliphatic rings. The predicted molar refractivity (Wildman–Crippen MR) is 95.0 cm³/mol. The van der Waals surface area contributed by atoms with Gasteiger partial charge in [0.05, 0.1) is 10.2 Å². The van der Waals surface area contributed by atoms with E-state index in [9.17, 15) is 4.79 Å². The van der Waals surface area contributed by atoms with Crippen molar-refractivity contribution in [2.75, 3.05) is 18.6 Å². The number of amides is 1. The first-order valence-electron chi connectivity index (χ1n) is 7.69.